The lowest BCUT2D eigenvalue weighted by molar-refractivity contribution is -0.121. The van der Waals surface area contributed by atoms with Crippen LogP contribution in [0, 0.1) is 6.92 Å². The minimum Gasteiger partial charge on any atom is -0.493 e. The first-order valence-electron chi connectivity index (χ1n) is 11.1. The molecule has 0 radical (unpaired) electrons. The summed E-state index contributed by atoms with van der Waals surface area (Å²) >= 11 is 5.92. The maximum Gasteiger partial charge on any atom is 0.255 e. The summed E-state index contributed by atoms with van der Waals surface area (Å²) in [4.78, 5) is 12.8. The van der Waals surface area contributed by atoms with Crippen molar-refractivity contribution in [2.75, 3.05) is 27.9 Å². The summed E-state index contributed by atoms with van der Waals surface area (Å²) in [5.41, 5.74) is 4.67. The van der Waals surface area contributed by atoms with Crippen molar-refractivity contribution in [2.24, 2.45) is 5.10 Å². The molecule has 0 saturated carbocycles. The van der Waals surface area contributed by atoms with Gasteiger partial charge in [-0.2, -0.15) is 9.41 Å². The number of hydrogen-bond donors (Lipinski definition) is 1. The smallest absolute Gasteiger partial charge is 0.255 e. The third-order valence-electron chi connectivity index (χ3n) is 5.30. The van der Waals surface area contributed by atoms with Gasteiger partial charge in [-0.25, -0.2) is 13.8 Å². The number of nitrogens with one attached hydrogen (secondary N) is 1. The van der Waals surface area contributed by atoms with Crippen LogP contribution in [-0.2, 0) is 21.4 Å². The van der Waals surface area contributed by atoms with Crippen LogP contribution in [0.4, 0.5) is 0 Å². The zero-order chi connectivity index (χ0) is 27.0. The lowest BCUT2D eigenvalue weighted by atomic mass is 10.1. The van der Waals surface area contributed by atoms with Crippen molar-refractivity contribution >= 4 is 33.7 Å². The summed E-state index contributed by atoms with van der Waals surface area (Å²) in [6.45, 7) is 1.45. The number of aryl methyl sites for hydroxylation is 1. The van der Waals surface area contributed by atoms with Crippen LogP contribution >= 0.6 is 11.6 Å². The number of rotatable bonds is 11. The third kappa shape index (κ3) is 7.22. The number of nitrogens with zero attached hydrogens (tertiary/aromatic N) is 2. The van der Waals surface area contributed by atoms with E-state index in [0.29, 0.717) is 27.8 Å². The molecule has 3 rings (SSSR count). The summed E-state index contributed by atoms with van der Waals surface area (Å²) in [6, 6.07) is 16.5. The molecule has 0 aromatic heterocycles. The van der Waals surface area contributed by atoms with E-state index in [0.717, 1.165) is 15.4 Å². The maximum atomic E-state index is 13.4. The molecule has 0 heterocycles. The summed E-state index contributed by atoms with van der Waals surface area (Å²) in [5.74, 6) is 0.653. The first kappa shape index (κ1) is 28.0. The number of amides is 1. The highest BCUT2D eigenvalue weighted by Gasteiger charge is 2.27. The maximum absolute atomic E-state index is 13.4. The Morgan fingerprint density at radius 3 is 2.22 bits per heavy atom. The Balaban J connectivity index is 1.81. The Morgan fingerprint density at radius 2 is 1.65 bits per heavy atom. The Bertz CT molecular complexity index is 1350. The van der Waals surface area contributed by atoms with Gasteiger partial charge in [0.25, 0.3) is 5.91 Å². The molecule has 0 spiro atoms. The molecule has 0 aliphatic carbocycles. The van der Waals surface area contributed by atoms with Gasteiger partial charge in [0.2, 0.25) is 15.8 Å². The van der Waals surface area contributed by atoms with Crippen LogP contribution in [-0.4, -0.2) is 52.7 Å². The van der Waals surface area contributed by atoms with Gasteiger partial charge in [0.05, 0.1) is 39.0 Å². The van der Waals surface area contributed by atoms with Crippen molar-refractivity contribution in [3.8, 4) is 17.2 Å². The normalized spacial score (nSPS) is 11.5. The van der Waals surface area contributed by atoms with Gasteiger partial charge >= 0.3 is 0 Å². The molecule has 1 N–H and O–H groups in total. The predicted molar refractivity (Wildman–Crippen MR) is 142 cm³/mol. The standard InChI is InChI=1S/C26H28ClN3O6S/c1-18-6-5-7-19(12-18)16-30(37(32,33)22-10-8-21(27)9-11-22)17-25(31)29-28-15-20-13-23(34-2)26(36-4)24(14-20)35-3/h5-15H,16-17H2,1-4H3,(H,29,31)/b28-15-. The largest absolute Gasteiger partial charge is 0.493 e. The van der Waals surface area contributed by atoms with Crippen molar-refractivity contribution in [1.82, 2.24) is 9.73 Å². The highest BCUT2D eigenvalue weighted by atomic mass is 35.5. The van der Waals surface area contributed by atoms with E-state index >= 15 is 0 Å². The number of methoxy groups -OCH3 is 3. The monoisotopic (exact) mass is 545 g/mol. The van der Waals surface area contributed by atoms with Gasteiger partial charge < -0.3 is 14.2 Å². The van der Waals surface area contributed by atoms with Gasteiger partial charge in [0, 0.05) is 17.1 Å². The molecule has 1 amide bonds. The predicted octanol–water partition coefficient (Wildman–Crippen LogP) is 4.02. The summed E-state index contributed by atoms with van der Waals surface area (Å²) < 4.78 is 43.8. The van der Waals surface area contributed by atoms with Gasteiger partial charge in [0.1, 0.15) is 0 Å². The second-order valence-corrected chi connectivity index (χ2v) is 10.3. The molecular weight excluding hydrogens is 518 g/mol. The van der Waals surface area contributed by atoms with Crippen LogP contribution < -0.4 is 19.6 Å². The first-order chi connectivity index (χ1) is 17.7. The molecule has 196 valence electrons. The van der Waals surface area contributed by atoms with E-state index in [1.165, 1.54) is 51.8 Å². The van der Waals surface area contributed by atoms with E-state index in [9.17, 15) is 13.2 Å². The highest BCUT2D eigenvalue weighted by Crippen LogP contribution is 2.37. The number of ether oxygens (including phenoxy) is 3. The number of halogens is 1. The van der Waals surface area contributed by atoms with Crippen molar-refractivity contribution < 1.29 is 27.4 Å². The molecule has 3 aromatic rings. The number of hydrogen-bond acceptors (Lipinski definition) is 7. The number of hydrazone groups is 1. The molecule has 11 heteroatoms. The van der Waals surface area contributed by atoms with Crippen LogP contribution in [0.25, 0.3) is 0 Å². The van der Waals surface area contributed by atoms with Gasteiger partial charge in [-0.15, -0.1) is 0 Å². The van der Waals surface area contributed by atoms with Gasteiger partial charge in [-0.3, -0.25) is 4.79 Å². The third-order valence-corrected chi connectivity index (χ3v) is 7.36. The fraction of sp³-hybridized carbons (Fsp3) is 0.231. The second kappa shape index (κ2) is 12.6. The topological polar surface area (TPSA) is 107 Å². The fourth-order valence-electron chi connectivity index (χ4n) is 3.55. The number of benzene rings is 3. The molecule has 0 bridgehead atoms. The molecule has 0 atom stereocenters. The van der Waals surface area contributed by atoms with Gasteiger partial charge in [-0.05, 0) is 48.9 Å². The Morgan fingerprint density at radius 1 is 1.00 bits per heavy atom. The van der Waals surface area contributed by atoms with Crippen molar-refractivity contribution in [3.63, 3.8) is 0 Å². The van der Waals surface area contributed by atoms with Crippen LogP contribution in [0.15, 0.2) is 70.7 Å². The average molecular weight is 546 g/mol. The Kier molecular flexibility index (Phi) is 9.51. The van der Waals surface area contributed by atoms with E-state index in [1.54, 1.807) is 18.2 Å². The summed E-state index contributed by atoms with van der Waals surface area (Å²) in [7, 11) is 0.463. The Labute approximate surface area is 221 Å². The van der Waals surface area contributed by atoms with E-state index in [1.807, 2.05) is 25.1 Å². The molecule has 0 saturated heterocycles. The minimum atomic E-state index is -4.01. The van der Waals surface area contributed by atoms with Gasteiger partial charge in [0.15, 0.2) is 11.5 Å². The highest BCUT2D eigenvalue weighted by molar-refractivity contribution is 7.89. The fourth-order valence-corrected chi connectivity index (χ4v) is 5.06. The number of carbonyl (C=O) groups excluding carboxylic acids is 1. The molecule has 9 nitrogen and oxygen atoms in total. The lowest BCUT2D eigenvalue weighted by Gasteiger charge is -2.21. The van der Waals surface area contributed by atoms with Crippen molar-refractivity contribution in [2.45, 2.75) is 18.4 Å². The van der Waals surface area contributed by atoms with Crippen LogP contribution in [0.1, 0.15) is 16.7 Å². The zero-order valence-electron chi connectivity index (χ0n) is 20.9. The van der Waals surface area contributed by atoms with Crippen LogP contribution in [0.2, 0.25) is 5.02 Å². The molecule has 0 aliphatic rings. The van der Waals surface area contributed by atoms with E-state index < -0.39 is 22.5 Å². The Hall–Kier alpha value is -3.60. The number of sulfonamides is 1. The van der Waals surface area contributed by atoms with Crippen LogP contribution in [0.3, 0.4) is 0 Å². The summed E-state index contributed by atoms with van der Waals surface area (Å²) in [5, 5.41) is 4.38. The average Bonchev–Trinajstić information content (AvgIpc) is 2.88. The minimum absolute atomic E-state index is 0.00332. The van der Waals surface area contributed by atoms with E-state index in [2.05, 4.69) is 10.5 Å². The first-order valence-corrected chi connectivity index (χ1v) is 12.9. The molecule has 0 aliphatic heterocycles. The number of carbonyl (C=O) groups is 1. The van der Waals surface area contributed by atoms with Crippen LogP contribution in [0.5, 0.6) is 17.2 Å². The molecule has 3 aromatic carbocycles. The molecule has 0 fully saturated rings. The lowest BCUT2D eigenvalue weighted by Crippen LogP contribution is -2.39. The van der Waals surface area contributed by atoms with E-state index in [4.69, 9.17) is 25.8 Å². The van der Waals surface area contributed by atoms with Gasteiger partial charge in [-0.1, -0.05) is 41.4 Å². The summed E-state index contributed by atoms with van der Waals surface area (Å²) in [6.07, 6.45) is 1.39. The SMILES string of the molecule is COc1cc(/C=N\NC(=O)CN(Cc2cccc(C)c2)S(=O)(=O)c2ccc(Cl)cc2)cc(OC)c1OC. The quantitative estimate of drug-likeness (QED) is 0.288. The second-order valence-electron chi connectivity index (χ2n) is 7.97. The molecule has 0 unspecified atom stereocenters. The van der Waals surface area contributed by atoms with Crippen molar-refractivity contribution in [1.29, 1.82) is 0 Å². The molecule has 37 heavy (non-hydrogen) atoms. The van der Waals surface area contributed by atoms with E-state index in [-0.39, 0.29) is 11.4 Å². The van der Waals surface area contributed by atoms with Crippen molar-refractivity contribution in [3.05, 3.63) is 82.4 Å². The molecular formula is C26H28ClN3O6S. The zero-order valence-corrected chi connectivity index (χ0v) is 22.5.